The minimum Gasteiger partial charge on any atom is -0.348 e. The molecule has 2 heterocycles. The summed E-state index contributed by atoms with van der Waals surface area (Å²) in [5.74, 6) is -0.165. The third-order valence-electron chi connectivity index (χ3n) is 6.05. The Morgan fingerprint density at radius 1 is 1.12 bits per heavy atom. The molecule has 0 unspecified atom stereocenters. The zero-order valence-electron chi connectivity index (χ0n) is 19.5. The number of aromatic nitrogens is 1. The van der Waals surface area contributed by atoms with Gasteiger partial charge < -0.3 is 5.32 Å². The number of nitrogens with one attached hydrogen (secondary N) is 1. The van der Waals surface area contributed by atoms with Gasteiger partial charge in [-0.2, -0.15) is 0 Å². The number of fused-ring (bicyclic) bond motifs is 1. The van der Waals surface area contributed by atoms with Gasteiger partial charge >= 0.3 is 0 Å². The first kappa shape index (κ1) is 24.0. The maximum Gasteiger partial charge on any atom is 0.253 e. The van der Waals surface area contributed by atoms with Crippen LogP contribution in [0, 0.1) is 11.7 Å². The Bertz CT molecular complexity index is 1290. The number of pyridine rings is 1. The Morgan fingerprint density at radius 3 is 2.38 bits per heavy atom. The van der Waals surface area contributed by atoms with Gasteiger partial charge in [0.25, 0.3) is 5.91 Å². The second kappa shape index (κ2) is 9.64. The van der Waals surface area contributed by atoms with Crippen LogP contribution in [0.1, 0.15) is 52.6 Å². The molecule has 34 heavy (non-hydrogen) atoms. The summed E-state index contributed by atoms with van der Waals surface area (Å²) >= 11 is 0. The van der Waals surface area contributed by atoms with Gasteiger partial charge in [-0.3, -0.25) is 14.7 Å². The van der Waals surface area contributed by atoms with Crippen molar-refractivity contribution in [2.24, 2.45) is 5.92 Å². The van der Waals surface area contributed by atoms with Gasteiger partial charge in [0.05, 0.1) is 22.2 Å². The molecule has 1 aliphatic heterocycles. The van der Waals surface area contributed by atoms with Crippen molar-refractivity contribution in [2.75, 3.05) is 6.26 Å². The molecule has 8 heteroatoms. The molecule has 0 spiro atoms. The number of amides is 1. The van der Waals surface area contributed by atoms with Crippen molar-refractivity contribution in [1.29, 1.82) is 0 Å². The van der Waals surface area contributed by atoms with Crippen molar-refractivity contribution in [1.82, 2.24) is 15.2 Å². The van der Waals surface area contributed by atoms with E-state index in [1.165, 1.54) is 24.3 Å². The van der Waals surface area contributed by atoms with Crippen LogP contribution in [-0.2, 0) is 29.5 Å². The maximum absolute atomic E-state index is 13.3. The summed E-state index contributed by atoms with van der Waals surface area (Å²) in [5.41, 5.74) is 4.31. The topological polar surface area (TPSA) is 79.4 Å². The lowest BCUT2D eigenvalue weighted by molar-refractivity contribution is 0.0950. The number of benzene rings is 2. The Hall–Kier alpha value is -3.10. The molecule has 1 N–H and O–H groups in total. The number of rotatable bonds is 7. The first-order valence-corrected chi connectivity index (χ1v) is 13.1. The minimum absolute atomic E-state index is 0.116. The van der Waals surface area contributed by atoms with E-state index in [-0.39, 0.29) is 29.2 Å². The largest absolute Gasteiger partial charge is 0.348 e. The molecule has 178 valence electrons. The molecule has 2 aromatic carbocycles. The van der Waals surface area contributed by atoms with Crippen molar-refractivity contribution < 1.29 is 17.6 Å². The van der Waals surface area contributed by atoms with Gasteiger partial charge in [-0.05, 0) is 52.9 Å². The van der Waals surface area contributed by atoms with Crippen molar-refractivity contribution in [3.8, 4) is 0 Å². The number of carbonyl (C=O) groups is 1. The van der Waals surface area contributed by atoms with Gasteiger partial charge in [0.1, 0.15) is 5.82 Å². The first-order chi connectivity index (χ1) is 16.1. The fourth-order valence-corrected chi connectivity index (χ4v) is 5.01. The smallest absolute Gasteiger partial charge is 0.253 e. The molecule has 0 fully saturated rings. The maximum atomic E-state index is 13.3. The third-order valence-corrected chi connectivity index (χ3v) is 7.17. The monoisotopic (exact) mass is 481 g/mol. The SMILES string of the molecule is CC(C)[C@H]1c2ncc(C(=O)NCc3ccc(S(C)(=O)=O)cc3)cc2CN1Cc1ccc(F)cc1. The van der Waals surface area contributed by atoms with Crippen molar-refractivity contribution in [2.45, 2.75) is 44.4 Å². The number of halogens is 1. The Kier molecular flexibility index (Phi) is 6.81. The molecule has 3 aromatic rings. The third kappa shape index (κ3) is 5.34. The highest BCUT2D eigenvalue weighted by Gasteiger charge is 2.34. The summed E-state index contributed by atoms with van der Waals surface area (Å²) in [5, 5.41) is 2.88. The summed E-state index contributed by atoms with van der Waals surface area (Å²) in [6.45, 7) is 5.91. The molecule has 0 bridgehead atoms. The summed E-state index contributed by atoms with van der Waals surface area (Å²) in [6.07, 6.45) is 2.77. The quantitative estimate of drug-likeness (QED) is 0.545. The van der Waals surface area contributed by atoms with Crippen molar-refractivity contribution in [3.63, 3.8) is 0 Å². The number of sulfone groups is 1. The predicted molar refractivity (Wildman–Crippen MR) is 128 cm³/mol. The van der Waals surface area contributed by atoms with Crippen LogP contribution in [0.5, 0.6) is 0 Å². The summed E-state index contributed by atoms with van der Waals surface area (Å²) in [6, 6.07) is 15.0. The van der Waals surface area contributed by atoms with Crippen molar-refractivity contribution in [3.05, 3.63) is 94.6 Å². The fraction of sp³-hybridized carbons (Fsp3) is 0.308. The zero-order chi connectivity index (χ0) is 24.5. The highest BCUT2D eigenvalue weighted by Crippen LogP contribution is 2.38. The fourth-order valence-electron chi connectivity index (χ4n) is 4.38. The average Bonchev–Trinajstić information content (AvgIpc) is 3.16. The number of carbonyl (C=O) groups excluding carboxylic acids is 1. The molecular formula is C26H28FN3O3S. The average molecular weight is 482 g/mol. The van der Waals surface area contributed by atoms with E-state index in [9.17, 15) is 17.6 Å². The van der Waals surface area contributed by atoms with Crippen LogP contribution >= 0.6 is 0 Å². The Labute approximate surface area is 199 Å². The van der Waals surface area contributed by atoms with E-state index in [1.54, 1.807) is 30.5 Å². The summed E-state index contributed by atoms with van der Waals surface area (Å²) < 4.78 is 36.5. The van der Waals surface area contributed by atoms with E-state index in [4.69, 9.17) is 0 Å². The number of hydrogen-bond acceptors (Lipinski definition) is 5. The van der Waals surface area contributed by atoms with Crippen LogP contribution in [-0.4, -0.2) is 30.5 Å². The highest BCUT2D eigenvalue weighted by molar-refractivity contribution is 7.90. The summed E-state index contributed by atoms with van der Waals surface area (Å²) in [4.78, 5) is 20.0. The molecule has 0 radical (unpaired) electrons. The molecule has 0 aliphatic carbocycles. The summed E-state index contributed by atoms with van der Waals surface area (Å²) in [7, 11) is -3.25. The van der Waals surface area contributed by atoms with Crippen LogP contribution < -0.4 is 5.32 Å². The molecule has 0 saturated carbocycles. The molecule has 6 nitrogen and oxygen atoms in total. The van der Waals surface area contributed by atoms with E-state index < -0.39 is 9.84 Å². The normalized spacial score (nSPS) is 16.0. The van der Waals surface area contributed by atoms with Crippen LogP contribution in [0.3, 0.4) is 0 Å². The molecule has 1 amide bonds. The molecule has 1 aromatic heterocycles. The molecule has 1 atom stereocenters. The number of nitrogens with zero attached hydrogens (tertiary/aromatic N) is 2. The van der Waals surface area contributed by atoms with Crippen LogP contribution in [0.15, 0.2) is 65.7 Å². The predicted octanol–water partition coefficient (Wildman–Crippen LogP) is 4.27. The van der Waals surface area contributed by atoms with Gasteiger partial charge in [-0.25, -0.2) is 12.8 Å². The van der Waals surface area contributed by atoms with E-state index in [0.29, 0.717) is 24.6 Å². The minimum atomic E-state index is -3.25. The zero-order valence-corrected chi connectivity index (χ0v) is 20.3. The van der Waals surface area contributed by atoms with Crippen LogP contribution in [0.2, 0.25) is 0 Å². The highest BCUT2D eigenvalue weighted by atomic mass is 32.2. The molecule has 1 aliphatic rings. The van der Waals surface area contributed by atoms with E-state index in [2.05, 4.69) is 29.0 Å². The van der Waals surface area contributed by atoms with Crippen molar-refractivity contribution >= 4 is 15.7 Å². The Morgan fingerprint density at radius 2 is 1.76 bits per heavy atom. The molecule has 0 saturated heterocycles. The van der Waals surface area contributed by atoms with Gasteiger partial charge in [-0.15, -0.1) is 0 Å². The van der Waals surface area contributed by atoms with Gasteiger partial charge in [0.2, 0.25) is 0 Å². The van der Waals surface area contributed by atoms with Crippen LogP contribution in [0.4, 0.5) is 4.39 Å². The van der Waals surface area contributed by atoms with Gasteiger partial charge in [0.15, 0.2) is 9.84 Å². The van der Waals surface area contributed by atoms with E-state index >= 15 is 0 Å². The van der Waals surface area contributed by atoms with Gasteiger partial charge in [0, 0.05) is 32.1 Å². The standard InChI is InChI=1S/C26H28FN3O3S/c1-17(2)25-24-21(16-30(25)15-19-4-8-22(27)9-5-19)12-20(14-28-24)26(31)29-13-18-6-10-23(11-7-18)34(3,32)33/h4-12,14,17,25H,13,15-16H2,1-3H3,(H,29,31)/t25-/m0/s1. The van der Waals surface area contributed by atoms with E-state index in [1.807, 2.05) is 6.07 Å². The lowest BCUT2D eigenvalue weighted by Crippen LogP contribution is -2.25. The second-order valence-electron chi connectivity index (χ2n) is 9.09. The number of hydrogen-bond donors (Lipinski definition) is 1. The Balaban J connectivity index is 1.46. The van der Waals surface area contributed by atoms with Gasteiger partial charge in [-0.1, -0.05) is 38.1 Å². The first-order valence-electron chi connectivity index (χ1n) is 11.2. The lowest BCUT2D eigenvalue weighted by atomic mass is 9.99. The molecular weight excluding hydrogens is 453 g/mol. The lowest BCUT2D eigenvalue weighted by Gasteiger charge is -2.27. The van der Waals surface area contributed by atoms with Crippen LogP contribution in [0.25, 0.3) is 0 Å². The van der Waals surface area contributed by atoms with E-state index in [0.717, 1.165) is 28.6 Å². The molecule has 4 rings (SSSR count). The second-order valence-corrected chi connectivity index (χ2v) is 11.1.